The van der Waals surface area contributed by atoms with Gasteiger partial charge in [0, 0.05) is 29.6 Å². The molecule has 27 heavy (non-hydrogen) atoms. The van der Waals surface area contributed by atoms with Crippen molar-refractivity contribution in [3.05, 3.63) is 74.0 Å². The van der Waals surface area contributed by atoms with Gasteiger partial charge in [-0.3, -0.25) is 9.88 Å². The summed E-state index contributed by atoms with van der Waals surface area (Å²) in [5.74, 6) is 2.29. The summed E-state index contributed by atoms with van der Waals surface area (Å²) in [6, 6.07) is 9.04. The minimum Gasteiger partial charge on any atom is -0.497 e. The highest BCUT2D eigenvalue weighted by Crippen LogP contribution is 2.46. The molecule has 0 radical (unpaired) electrons. The normalized spacial score (nSPS) is 30.6. The van der Waals surface area contributed by atoms with Gasteiger partial charge in [0.1, 0.15) is 5.75 Å². The number of hydrogen-bond acceptors (Lipinski definition) is 3. The quantitative estimate of drug-likeness (QED) is 0.681. The van der Waals surface area contributed by atoms with Crippen LogP contribution in [0.25, 0.3) is 10.9 Å². The number of benzene rings is 1. The molecular formula is C24H28N2O. The number of nitrogens with zero attached hydrogens (tertiary/aromatic N) is 2. The second-order valence-corrected chi connectivity index (χ2v) is 7.67. The van der Waals surface area contributed by atoms with E-state index in [1.165, 1.54) is 18.4 Å². The Kier molecular flexibility index (Phi) is 4.88. The SMILES string of the molecule is C=CC1[C@H](C=C)[C@H]2CCN1[C@H]([C@@H](C=C)c1ccnc3ccc(OC)cc13)C2. The van der Waals surface area contributed by atoms with Gasteiger partial charge >= 0.3 is 0 Å². The lowest BCUT2D eigenvalue weighted by atomic mass is 9.67. The molecule has 2 aromatic rings. The number of rotatable bonds is 6. The molecule has 5 rings (SSSR count). The Hall–Kier alpha value is -2.39. The molecule has 4 heterocycles. The van der Waals surface area contributed by atoms with Gasteiger partial charge in [0.05, 0.1) is 12.6 Å². The fourth-order valence-electron chi connectivity index (χ4n) is 5.30. The molecule has 0 aliphatic carbocycles. The van der Waals surface area contributed by atoms with Gasteiger partial charge in [-0.2, -0.15) is 0 Å². The number of ether oxygens (including phenoxy) is 1. The molecule has 3 aliphatic heterocycles. The zero-order valence-corrected chi connectivity index (χ0v) is 16.1. The summed E-state index contributed by atoms with van der Waals surface area (Å²) in [6.07, 6.45) is 10.7. The number of fused-ring (bicyclic) bond motifs is 4. The van der Waals surface area contributed by atoms with Crippen LogP contribution >= 0.6 is 0 Å². The Morgan fingerprint density at radius 3 is 2.78 bits per heavy atom. The highest BCUT2D eigenvalue weighted by atomic mass is 16.5. The van der Waals surface area contributed by atoms with Crippen LogP contribution < -0.4 is 4.74 Å². The maximum Gasteiger partial charge on any atom is 0.119 e. The first-order chi connectivity index (χ1) is 13.2. The van der Waals surface area contributed by atoms with Gasteiger partial charge in [0.25, 0.3) is 0 Å². The maximum absolute atomic E-state index is 5.46. The maximum atomic E-state index is 5.46. The summed E-state index contributed by atoms with van der Waals surface area (Å²) < 4.78 is 5.46. The number of aromatic nitrogens is 1. The first kappa shape index (κ1) is 18.0. The lowest BCUT2D eigenvalue weighted by Crippen LogP contribution is -2.59. The second-order valence-electron chi connectivity index (χ2n) is 7.67. The fraction of sp³-hybridized carbons (Fsp3) is 0.375. The molecule has 3 nitrogen and oxygen atoms in total. The predicted molar refractivity (Wildman–Crippen MR) is 112 cm³/mol. The standard InChI is InChI=1S/C24H28N2O/c1-5-18-16-11-13-26(23(18)7-3)24(14-16)19(6-2)20-10-12-25-22-9-8-17(27-4)15-21(20)22/h5-10,12,15-16,18-19,23-24H,1-3,11,13-14H2,4H3/t16-,18+,19-,23?,24-/m0/s1. The Morgan fingerprint density at radius 2 is 2.07 bits per heavy atom. The van der Waals surface area contributed by atoms with Gasteiger partial charge < -0.3 is 4.74 Å². The van der Waals surface area contributed by atoms with Crippen molar-refractivity contribution in [2.45, 2.75) is 30.8 Å². The molecular weight excluding hydrogens is 332 g/mol. The molecule has 3 fully saturated rings. The van der Waals surface area contributed by atoms with Crippen LogP contribution in [-0.2, 0) is 0 Å². The van der Waals surface area contributed by atoms with Gasteiger partial charge in [-0.05, 0) is 61.1 Å². The van der Waals surface area contributed by atoms with Crippen LogP contribution in [0.1, 0.15) is 24.3 Å². The molecule has 1 aromatic carbocycles. The van der Waals surface area contributed by atoms with Gasteiger partial charge in [0.2, 0.25) is 0 Å². The van der Waals surface area contributed by atoms with E-state index in [0.29, 0.717) is 23.9 Å². The van der Waals surface area contributed by atoms with E-state index in [4.69, 9.17) is 4.74 Å². The average Bonchev–Trinajstić information content (AvgIpc) is 2.73. The molecule has 0 N–H and O–H groups in total. The predicted octanol–water partition coefficient (Wildman–Crippen LogP) is 4.96. The largest absolute Gasteiger partial charge is 0.497 e. The highest BCUT2D eigenvalue weighted by Gasteiger charge is 2.46. The van der Waals surface area contributed by atoms with Crippen LogP contribution in [-0.4, -0.2) is 35.6 Å². The molecule has 3 heteroatoms. The van der Waals surface area contributed by atoms with Crippen LogP contribution in [0, 0.1) is 11.8 Å². The van der Waals surface area contributed by atoms with E-state index in [1.54, 1.807) is 7.11 Å². The van der Waals surface area contributed by atoms with Gasteiger partial charge in [-0.25, -0.2) is 0 Å². The molecule has 1 aromatic heterocycles. The highest BCUT2D eigenvalue weighted by molar-refractivity contribution is 5.84. The molecule has 0 amide bonds. The lowest BCUT2D eigenvalue weighted by molar-refractivity contribution is -0.0197. The summed E-state index contributed by atoms with van der Waals surface area (Å²) in [4.78, 5) is 7.17. The van der Waals surface area contributed by atoms with Crippen LogP contribution in [0.2, 0.25) is 0 Å². The topological polar surface area (TPSA) is 25.4 Å². The minimum atomic E-state index is 0.249. The number of pyridine rings is 1. The third-order valence-electron chi connectivity index (χ3n) is 6.57. The number of methoxy groups -OCH3 is 1. The summed E-state index contributed by atoms with van der Waals surface area (Å²) in [5, 5.41) is 1.15. The van der Waals surface area contributed by atoms with E-state index in [9.17, 15) is 0 Å². The lowest BCUT2D eigenvalue weighted by Gasteiger charge is -2.55. The summed E-state index contributed by atoms with van der Waals surface area (Å²) >= 11 is 0. The van der Waals surface area contributed by atoms with Crippen molar-refractivity contribution in [3.8, 4) is 5.75 Å². The third-order valence-corrected chi connectivity index (χ3v) is 6.57. The fourth-order valence-corrected chi connectivity index (χ4v) is 5.30. The van der Waals surface area contributed by atoms with Crippen molar-refractivity contribution in [2.24, 2.45) is 11.8 Å². The van der Waals surface area contributed by atoms with E-state index in [-0.39, 0.29) is 5.92 Å². The molecule has 2 bridgehead atoms. The Labute approximate surface area is 162 Å². The summed E-state index contributed by atoms with van der Waals surface area (Å²) in [6.45, 7) is 13.5. The average molecular weight is 361 g/mol. The molecule has 0 saturated carbocycles. The van der Waals surface area contributed by atoms with Crippen molar-refractivity contribution in [2.75, 3.05) is 13.7 Å². The van der Waals surface area contributed by atoms with Gasteiger partial charge in [-0.1, -0.05) is 18.2 Å². The number of hydrogen-bond donors (Lipinski definition) is 0. The van der Waals surface area contributed by atoms with Gasteiger partial charge in [0.15, 0.2) is 0 Å². The molecule has 0 spiro atoms. The van der Waals surface area contributed by atoms with E-state index in [1.807, 2.05) is 18.3 Å². The summed E-state index contributed by atoms with van der Waals surface area (Å²) in [5.41, 5.74) is 2.28. The molecule has 6 atom stereocenters. The van der Waals surface area contributed by atoms with Crippen LogP contribution in [0.15, 0.2) is 68.4 Å². The van der Waals surface area contributed by atoms with Crippen molar-refractivity contribution >= 4 is 10.9 Å². The Morgan fingerprint density at radius 1 is 1.22 bits per heavy atom. The third kappa shape index (κ3) is 2.90. The first-order valence-corrected chi connectivity index (χ1v) is 9.78. The Balaban J connectivity index is 1.77. The van der Waals surface area contributed by atoms with Crippen molar-refractivity contribution in [1.29, 1.82) is 0 Å². The van der Waals surface area contributed by atoms with Crippen LogP contribution in [0.5, 0.6) is 5.75 Å². The zero-order valence-electron chi connectivity index (χ0n) is 16.1. The Bertz CT molecular complexity index is 874. The molecule has 140 valence electrons. The van der Waals surface area contributed by atoms with Gasteiger partial charge in [-0.15, -0.1) is 19.7 Å². The smallest absolute Gasteiger partial charge is 0.119 e. The number of piperidine rings is 3. The zero-order chi connectivity index (χ0) is 19.0. The van der Waals surface area contributed by atoms with E-state index < -0.39 is 0 Å². The second kappa shape index (κ2) is 7.32. The van der Waals surface area contributed by atoms with E-state index in [2.05, 4.69) is 60.0 Å². The van der Waals surface area contributed by atoms with E-state index in [0.717, 1.165) is 23.2 Å². The van der Waals surface area contributed by atoms with Crippen molar-refractivity contribution in [3.63, 3.8) is 0 Å². The summed E-state index contributed by atoms with van der Waals surface area (Å²) in [7, 11) is 1.71. The molecule has 3 saturated heterocycles. The minimum absolute atomic E-state index is 0.249. The van der Waals surface area contributed by atoms with E-state index >= 15 is 0 Å². The first-order valence-electron chi connectivity index (χ1n) is 9.78. The molecule has 3 aliphatic rings. The van der Waals surface area contributed by atoms with Crippen LogP contribution in [0.3, 0.4) is 0 Å². The monoisotopic (exact) mass is 360 g/mol. The van der Waals surface area contributed by atoms with Crippen LogP contribution in [0.4, 0.5) is 0 Å². The van der Waals surface area contributed by atoms with Crippen molar-refractivity contribution in [1.82, 2.24) is 9.88 Å². The molecule has 2 unspecified atom stereocenters. The van der Waals surface area contributed by atoms with Crippen molar-refractivity contribution < 1.29 is 4.74 Å².